The minimum Gasteiger partial charge on any atom is -0.493 e. The number of hydrogen-bond donors (Lipinski definition) is 2. The molecule has 256 valence electrons. The minimum absolute atomic E-state index is 0. The highest BCUT2D eigenvalue weighted by Gasteiger charge is 2.29. The van der Waals surface area contributed by atoms with Crippen molar-refractivity contribution < 1.29 is 19.1 Å². The number of benzene rings is 1. The predicted molar refractivity (Wildman–Crippen MR) is 185 cm³/mol. The first-order chi connectivity index (χ1) is 22.0. The van der Waals surface area contributed by atoms with Gasteiger partial charge in [0, 0.05) is 75.6 Å². The van der Waals surface area contributed by atoms with E-state index in [1.54, 1.807) is 20.3 Å². The maximum Gasteiger partial charge on any atom is 0.228 e. The van der Waals surface area contributed by atoms with Gasteiger partial charge in [0.05, 0.1) is 19.7 Å². The van der Waals surface area contributed by atoms with Crippen LogP contribution < -0.4 is 25.4 Å². The molecular formula is C34H54ClN7O4. The molecule has 0 unspecified atom stereocenters. The third-order valence-electron chi connectivity index (χ3n) is 9.93. The Bertz CT molecular complexity index is 1270. The van der Waals surface area contributed by atoms with E-state index in [4.69, 9.17) is 20.2 Å². The summed E-state index contributed by atoms with van der Waals surface area (Å²) >= 11 is 0. The zero-order chi connectivity index (χ0) is 31.6. The summed E-state index contributed by atoms with van der Waals surface area (Å²) in [6.07, 6.45) is 14.4. The molecular weight excluding hydrogens is 606 g/mol. The van der Waals surface area contributed by atoms with Crippen molar-refractivity contribution in [1.82, 2.24) is 25.1 Å². The van der Waals surface area contributed by atoms with Crippen molar-refractivity contribution in [2.45, 2.75) is 77.0 Å². The van der Waals surface area contributed by atoms with E-state index < -0.39 is 0 Å². The monoisotopic (exact) mass is 659 g/mol. The molecule has 2 saturated carbocycles. The van der Waals surface area contributed by atoms with Crippen molar-refractivity contribution >= 4 is 46.9 Å². The van der Waals surface area contributed by atoms with Gasteiger partial charge in [0.1, 0.15) is 5.82 Å². The molecule has 2 amide bonds. The van der Waals surface area contributed by atoms with Crippen LogP contribution in [-0.4, -0.2) is 98.2 Å². The van der Waals surface area contributed by atoms with Gasteiger partial charge in [0.15, 0.2) is 11.5 Å². The Balaban J connectivity index is 0.000000253. The number of anilines is 2. The van der Waals surface area contributed by atoms with Crippen LogP contribution in [0.3, 0.4) is 0 Å². The van der Waals surface area contributed by atoms with Crippen LogP contribution in [0.5, 0.6) is 11.5 Å². The van der Waals surface area contributed by atoms with Gasteiger partial charge in [-0.05, 0) is 31.7 Å². The molecule has 0 atom stereocenters. The maximum absolute atomic E-state index is 12.9. The number of nitrogens with zero attached hydrogens (tertiary/aromatic N) is 5. The Morgan fingerprint density at radius 2 is 1.20 bits per heavy atom. The van der Waals surface area contributed by atoms with Crippen molar-refractivity contribution in [1.29, 1.82) is 0 Å². The number of piperazine rings is 2. The summed E-state index contributed by atoms with van der Waals surface area (Å²) in [5.74, 6) is 3.50. The van der Waals surface area contributed by atoms with Gasteiger partial charge < -0.3 is 35.2 Å². The van der Waals surface area contributed by atoms with Crippen LogP contribution in [0.2, 0.25) is 0 Å². The number of rotatable bonds is 5. The molecule has 3 N–H and O–H groups in total. The van der Waals surface area contributed by atoms with Crippen LogP contribution in [0.1, 0.15) is 77.0 Å². The number of hydrogen-bond acceptors (Lipinski definition) is 9. The third-order valence-corrected chi connectivity index (χ3v) is 9.93. The van der Waals surface area contributed by atoms with Crippen molar-refractivity contribution in [3.05, 3.63) is 12.1 Å². The van der Waals surface area contributed by atoms with E-state index in [1.165, 1.54) is 51.4 Å². The summed E-state index contributed by atoms with van der Waals surface area (Å²) in [5, 5.41) is 4.03. The van der Waals surface area contributed by atoms with E-state index in [1.807, 2.05) is 11.0 Å². The first-order valence-corrected chi connectivity index (χ1v) is 17.2. The number of nitrogens with one attached hydrogen (secondary N) is 1. The van der Waals surface area contributed by atoms with Crippen LogP contribution >= 0.6 is 12.4 Å². The SMILES string of the molecule is COc1cc2nc(N3CCN(C(=O)C4CCCCCC4)CC3)nc(N)c2cc1OC.Cl.O=C(C1CCCCCC1)N1CCNCC1. The zero-order valence-electron chi connectivity index (χ0n) is 27.8. The maximum atomic E-state index is 12.9. The van der Waals surface area contributed by atoms with Crippen LogP contribution in [0.4, 0.5) is 11.8 Å². The molecule has 3 heterocycles. The highest BCUT2D eigenvalue weighted by Crippen LogP contribution is 2.34. The molecule has 1 aromatic carbocycles. The lowest BCUT2D eigenvalue weighted by Crippen LogP contribution is -2.50. The molecule has 2 saturated heterocycles. The Labute approximate surface area is 280 Å². The summed E-state index contributed by atoms with van der Waals surface area (Å²) in [6, 6.07) is 3.62. The van der Waals surface area contributed by atoms with Gasteiger partial charge in [-0.25, -0.2) is 4.98 Å². The number of aromatic nitrogens is 2. The van der Waals surface area contributed by atoms with Crippen LogP contribution in [0.15, 0.2) is 12.1 Å². The number of nitrogens with two attached hydrogens (primary N) is 1. The summed E-state index contributed by atoms with van der Waals surface area (Å²) < 4.78 is 10.7. The van der Waals surface area contributed by atoms with Crippen molar-refractivity contribution in [3.63, 3.8) is 0 Å². The van der Waals surface area contributed by atoms with E-state index in [9.17, 15) is 9.59 Å². The Morgan fingerprint density at radius 1 is 0.717 bits per heavy atom. The number of nitrogen functional groups attached to an aromatic ring is 1. The van der Waals surface area contributed by atoms with Gasteiger partial charge >= 0.3 is 0 Å². The second-order valence-corrected chi connectivity index (χ2v) is 12.9. The number of carbonyl (C=O) groups is 2. The molecule has 2 aliphatic carbocycles. The lowest BCUT2D eigenvalue weighted by atomic mass is 9.98. The van der Waals surface area contributed by atoms with Gasteiger partial charge in [-0.15, -0.1) is 12.4 Å². The average Bonchev–Trinajstić information content (AvgIpc) is 3.54. The van der Waals surface area contributed by atoms with E-state index in [0.29, 0.717) is 72.7 Å². The lowest BCUT2D eigenvalue weighted by molar-refractivity contribution is -0.137. The largest absolute Gasteiger partial charge is 0.493 e. The van der Waals surface area contributed by atoms with E-state index >= 15 is 0 Å². The molecule has 46 heavy (non-hydrogen) atoms. The fraction of sp³-hybridized carbons (Fsp3) is 0.706. The summed E-state index contributed by atoms with van der Waals surface area (Å²) in [7, 11) is 3.19. The molecule has 6 rings (SSSR count). The van der Waals surface area contributed by atoms with Crippen molar-refractivity contribution in [2.75, 3.05) is 77.2 Å². The van der Waals surface area contributed by atoms with E-state index in [0.717, 1.165) is 57.2 Å². The topological polar surface area (TPSA) is 126 Å². The average molecular weight is 660 g/mol. The quantitative estimate of drug-likeness (QED) is 0.441. The van der Waals surface area contributed by atoms with E-state index in [-0.39, 0.29) is 18.3 Å². The minimum atomic E-state index is 0. The van der Waals surface area contributed by atoms with Crippen LogP contribution in [-0.2, 0) is 9.59 Å². The van der Waals surface area contributed by atoms with Gasteiger partial charge in [0.2, 0.25) is 17.8 Å². The number of ether oxygens (including phenoxy) is 2. The first kappa shape index (κ1) is 35.8. The molecule has 0 spiro atoms. The van der Waals surface area contributed by atoms with Gasteiger partial charge in [-0.3, -0.25) is 9.59 Å². The Kier molecular flexibility index (Phi) is 13.8. The molecule has 11 nitrogen and oxygen atoms in total. The number of halogens is 1. The lowest BCUT2D eigenvalue weighted by Gasteiger charge is -2.36. The van der Waals surface area contributed by atoms with Crippen molar-refractivity contribution in [2.24, 2.45) is 11.8 Å². The van der Waals surface area contributed by atoms with Crippen LogP contribution in [0.25, 0.3) is 10.9 Å². The van der Waals surface area contributed by atoms with Gasteiger partial charge in [0.25, 0.3) is 0 Å². The first-order valence-electron chi connectivity index (χ1n) is 17.2. The molecule has 2 aromatic rings. The zero-order valence-corrected chi connectivity index (χ0v) is 28.6. The molecule has 2 aliphatic heterocycles. The summed E-state index contributed by atoms with van der Waals surface area (Å²) in [6.45, 7) is 6.57. The standard InChI is InChI=1S/C22H31N5O3.C12H22N2O.ClH/c1-29-18-13-16-17(14-19(18)30-2)24-22(25-20(16)23)27-11-9-26(10-12-27)21(28)15-7-5-3-4-6-8-15;15-12(14-9-7-13-8-10-14)11-5-3-1-2-4-6-11;/h13-15H,3-12H2,1-2H3,(H2,23,24,25);11,13H,1-10H2;1H. The summed E-state index contributed by atoms with van der Waals surface area (Å²) in [4.78, 5) is 40.6. The molecule has 4 aliphatic rings. The van der Waals surface area contributed by atoms with Crippen molar-refractivity contribution in [3.8, 4) is 11.5 Å². The van der Waals surface area contributed by atoms with E-state index in [2.05, 4.69) is 20.1 Å². The van der Waals surface area contributed by atoms with Gasteiger partial charge in [-0.2, -0.15) is 4.98 Å². The second kappa shape index (κ2) is 17.8. The fourth-order valence-corrected chi connectivity index (χ4v) is 7.19. The highest BCUT2D eigenvalue weighted by atomic mass is 35.5. The number of amides is 2. The molecule has 1 aromatic heterocycles. The number of methoxy groups -OCH3 is 2. The fourth-order valence-electron chi connectivity index (χ4n) is 7.19. The summed E-state index contributed by atoms with van der Waals surface area (Å²) in [5.41, 5.74) is 6.94. The second-order valence-electron chi connectivity index (χ2n) is 12.9. The molecule has 0 radical (unpaired) electrons. The molecule has 12 heteroatoms. The number of fused-ring (bicyclic) bond motifs is 1. The Morgan fingerprint density at radius 3 is 1.70 bits per heavy atom. The highest BCUT2D eigenvalue weighted by molar-refractivity contribution is 5.91. The molecule has 0 bridgehead atoms. The number of carbonyl (C=O) groups excluding carboxylic acids is 2. The van der Waals surface area contributed by atoms with Crippen LogP contribution in [0, 0.1) is 11.8 Å². The van der Waals surface area contributed by atoms with Gasteiger partial charge in [-0.1, -0.05) is 51.4 Å². The Hall–Kier alpha value is -3.05. The normalized spacial score (nSPS) is 20.1. The third kappa shape index (κ3) is 9.06. The smallest absolute Gasteiger partial charge is 0.228 e. The predicted octanol–water partition coefficient (Wildman–Crippen LogP) is 4.66. The molecule has 4 fully saturated rings.